The number of rotatable bonds is 5. The fraction of sp³-hybridized carbons (Fsp3) is 0.467. The average molecular weight is 326 g/mol. The summed E-state index contributed by atoms with van der Waals surface area (Å²) in [4.78, 5) is 27.3. The van der Waals surface area contributed by atoms with Gasteiger partial charge < -0.3 is 20.2 Å². The number of aliphatic hydroxyl groups is 1. The highest BCUT2D eigenvalue weighted by Gasteiger charge is 2.32. The third-order valence-electron chi connectivity index (χ3n) is 3.63. The van der Waals surface area contributed by atoms with Crippen LogP contribution in [0.25, 0.3) is 0 Å². The summed E-state index contributed by atoms with van der Waals surface area (Å²) in [6, 6.07) is 6.55. The van der Waals surface area contributed by atoms with E-state index in [1.54, 1.807) is 29.2 Å². The van der Waals surface area contributed by atoms with E-state index in [2.05, 4.69) is 5.32 Å². The summed E-state index contributed by atoms with van der Waals surface area (Å²) < 4.78 is 0. The molecule has 1 aliphatic heterocycles. The van der Waals surface area contributed by atoms with E-state index < -0.39 is 0 Å². The molecular formula is C15H20ClN3O3. The van der Waals surface area contributed by atoms with Gasteiger partial charge in [-0.15, -0.1) is 0 Å². The normalized spacial score (nSPS) is 17.7. The molecule has 1 aliphatic rings. The van der Waals surface area contributed by atoms with Crippen LogP contribution in [0.15, 0.2) is 24.3 Å². The van der Waals surface area contributed by atoms with Crippen LogP contribution in [0.1, 0.15) is 13.3 Å². The Morgan fingerprint density at radius 2 is 2.14 bits per heavy atom. The maximum absolute atomic E-state index is 12.1. The molecule has 2 N–H and O–H groups in total. The molecule has 6 nitrogen and oxygen atoms in total. The molecular weight excluding hydrogens is 306 g/mol. The predicted octanol–water partition coefficient (Wildman–Crippen LogP) is 1.47. The van der Waals surface area contributed by atoms with E-state index >= 15 is 0 Å². The first-order valence-corrected chi connectivity index (χ1v) is 7.65. The van der Waals surface area contributed by atoms with Crippen molar-refractivity contribution < 1.29 is 14.7 Å². The fourth-order valence-corrected chi connectivity index (χ4v) is 2.59. The summed E-state index contributed by atoms with van der Waals surface area (Å²) in [6.07, 6.45) is 0.269. The van der Waals surface area contributed by atoms with Gasteiger partial charge in [-0.1, -0.05) is 11.6 Å². The molecule has 0 aliphatic carbocycles. The van der Waals surface area contributed by atoms with Gasteiger partial charge in [-0.3, -0.25) is 4.79 Å². The summed E-state index contributed by atoms with van der Waals surface area (Å²) in [7, 11) is 0. The summed E-state index contributed by atoms with van der Waals surface area (Å²) in [5, 5.41) is 12.4. The van der Waals surface area contributed by atoms with Gasteiger partial charge in [0, 0.05) is 36.8 Å². The molecule has 1 aromatic carbocycles. The number of hydrogen-bond donors (Lipinski definition) is 2. The van der Waals surface area contributed by atoms with Crippen molar-refractivity contribution in [2.45, 2.75) is 19.4 Å². The summed E-state index contributed by atoms with van der Waals surface area (Å²) in [5.74, 6) is -0.0298. The first-order valence-electron chi connectivity index (χ1n) is 7.27. The van der Waals surface area contributed by atoms with E-state index in [-0.39, 0.29) is 37.6 Å². The minimum atomic E-state index is -0.257. The first kappa shape index (κ1) is 16.6. The van der Waals surface area contributed by atoms with E-state index in [0.717, 1.165) is 5.69 Å². The highest BCUT2D eigenvalue weighted by atomic mass is 35.5. The molecule has 3 amide bonds. The molecule has 22 heavy (non-hydrogen) atoms. The summed E-state index contributed by atoms with van der Waals surface area (Å²) >= 11 is 5.85. The van der Waals surface area contributed by atoms with Gasteiger partial charge in [0.05, 0.1) is 12.6 Å². The molecule has 7 heteroatoms. The minimum Gasteiger partial charge on any atom is -0.395 e. The number of urea groups is 1. The topological polar surface area (TPSA) is 72.9 Å². The third kappa shape index (κ3) is 3.90. The standard InChI is InChI=1S/C15H20ClN3O3/c1-2-18(7-8-20)15(22)17-12-9-14(21)19(10-12)13-5-3-11(16)4-6-13/h3-6,12,20H,2,7-10H2,1H3,(H,17,22)/t12-/m0/s1. The van der Waals surface area contributed by atoms with Gasteiger partial charge in [0.2, 0.25) is 5.91 Å². The zero-order valence-electron chi connectivity index (χ0n) is 12.5. The number of carbonyl (C=O) groups is 2. The van der Waals surface area contributed by atoms with E-state index in [4.69, 9.17) is 16.7 Å². The van der Waals surface area contributed by atoms with Gasteiger partial charge >= 0.3 is 6.03 Å². The maximum Gasteiger partial charge on any atom is 0.317 e. The molecule has 0 aromatic heterocycles. The third-order valence-corrected chi connectivity index (χ3v) is 3.88. The van der Waals surface area contributed by atoms with E-state index in [1.165, 1.54) is 4.90 Å². The zero-order valence-corrected chi connectivity index (χ0v) is 13.2. The lowest BCUT2D eigenvalue weighted by atomic mass is 10.2. The van der Waals surface area contributed by atoms with Crippen molar-refractivity contribution in [3.63, 3.8) is 0 Å². The van der Waals surface area contributed by atoms with Crippen LogP contribution in [0.2, 0.25) is 5.02 Å². The number of benzene rings is 1. The number of aliphatic hydroxyl groups excluding tert-OH is 1. The van der Waals surface area contributed by atoms with Gasteiger partial charge in [-0.05, 0) is 31.2 Å². The average Bonchev–Trinajstić information content (AvgIpc) is 2.86. The lowest BCUT2D eigenvalue weighted by Crippen LogP contribution is -2.46. The van der Waals surface area contributed by atoms with Crippen LogP contribution < -0.4 is 10.2 Å². The van der Waals surface area contributed by atoms with E-state index in [9.17, 15) is 9.59 Å². The Balaban J connectivity index is 1.97. The molecule has 0 radical (unpaired) electrons. The molecule has 2 rings (SSSR count). The van der Waals surface area contributed by atoms with Gasteiger partial charge in [-0.2, -0.15) is 0 Å². The second kappa shape index (κ2) is 7.47. The van der Waals surface area contributed by atoms with Crippen LogP contribution in [0.3, 0.4) is 0 Å². The second-order valence-corrected chi connectivity index (χ2v) is 5.57. The van der Waals surface area contributed by atoms with Gasteiger partial charge in [0.25, 0.3) is 0 Å². The molecule has 120 valence electrons. The number of carbonyl (C=O) groups excluding carboxylic acids is 2. The van der Waals surface area contributed by atoms with Crippen LogP contribution in [-0.4, -0.2) is 54.2 Å². The second-order valence-electron chi connectivity index (χ2n) is 5.13. The van der Waals surface area contributed by atoms with Crippen molar-refractivity contribution in [1.29, 1.82) is 0 Å². The van der Waals surface area contributed by atoms with Crippen molar-refractivity contribution in [1.82, 2.24) is 10.2 Å². The van der Waals surface area contributed by atoms with Crippen molar-refractivity contribution in [2.75, 3.05) is 31.1 Å². The quantitative estimate of drug-likeness (QED) is 0.861. The molecule has 1 saturated heterocycles. The predicted molar refractivity (Wildman–Crippen MR) is 85.1 cm³/mol. The van der Waals surface area contributed by atoms with Crippen molar-refractivity contribution >= 4 is 29.2 Å². The highest BCUT2D eigenvalue weighted by Crippen LogP contribution is 2.23. The first-order chi connectivity index (χ1) is 10.5. The van der Waals surface area contributed by atoms with Crippen LogP contribution in [0.5, 0.6) is 0 Å². The lowest BCUT2D eigenvalue weighted by Gasteiger charge is -2.23. The van der Waals surface area contributed by atoms with Crippen LogP contribution in [-0.2, 0) is 4.79 Å². The monoisotopic (exact) mass is 325 g/mol. The van der Waals surface area contributed by atoms with Gasteiger partial charge in [-0.25, -0.2) is 4.79 Å². The Labute approximate surface area is 134 Å². The fourth-order valence-electron chi connectivity index (χ4n) is 2.46. The number of nitrogens with zero attached hydrogens (tertiary/aromatic N) is 2. The Morgan fingerprint density at radius 3 is 2.73 bits per heavy atom. The van der Waals surface area contributed by atoms with Crippen molar-refractivity contribution in [3.8, 4) is 0 Å². The number of hydrogen-bond acceptors (Lipinski definition) is 3. The Hall–Kier alpha value is -1.79. The van der Waals surface area contributed by atoms with Gasteiger partial charge in [0.1, 0.15) is 0 Å². The Kier molecular flexibility index (Phi) is 5.63. The Morgan fingerprint density at radius 1 is 1.45 bits per heavy atom. The number of amides is 3. The lowest BCUT2D eigenvalue weighted by molar-refractivity contribution is -0.117. The van der Waals surface area contributed by atoms with Crippen LogP contribution in [0, 0.1) is 0 Å². The molecule has 0 unspecified atom stereocenters. The number of halogens is 1. The van der Waals surface area contributed by atoms with Gasteiger partial charge in [0.15, 0.2) is 0 Å². The van der Waals surface area contributed by atoms with Crippen LogP contribution in [0.4, 0.5) is 10.5 Å². The highest BCUT2D eigenvalue weighted by molar-refractivity contribution is 6.30. The molecule has 0 saturated carbocycles. The molecule has 1 atom stereocenters. The molecule has 0 bridgehead atoms. The smallest absolute Gasteiger partial charge is 0.317 e. The summed E-state index contributed by atoms with van der Waals surface area (Å²) in [5.41, 5.74) is 0.772. The Bertz CT molecular complexity index is 535. The number of anilines is 1. The number of likely N-dealkylation sites (N-methyl/N-ethyl adjacent to an activating group) is 1. The SMILES string of the molecule is CCN(CCO)C(=O)N[C@H]1CC(=O)N(c2ccc(Cl)cc2)C1. The largest absolute Gasteiger partial charge is 0.395 e. The van der Waals surface area contributed by atoms with Crippen LogP contribution >= 0.6 is 11.6 Å². The molecule has 1 heterocycles. The minimum absolute atomic E-state index is 0.0298. The molecule has 0 spiro atoms. The van der Waals surface area contributed by atoms with E-state index in [1.807, 2.05) is 6.92 Å². The van der Waals surface area contributed by atoms with E-state index in [0.29, 0.717) is 18.1 Å². The maximum atomic E-state index is 12.1. The molecule has 1 fully saturated rings. The number of nitrogens with one attached hydrogen (secondary N) is 1. The molecule has 1 aromatic rings. The summed E-state index contributed by atoms with van der Waals surface area (Å²) in [6.45, 7) is 2.98. The zero-order chi connectivity index (χ0) is 16.1. The van der Waals surface area contributed by atoms with Crippen molar-refractivity contribution in [2.24, 2.45) is 0 Å². The van der Waals surface area contributed by atoms with Crippen molar-refractivity contribution in [3.05, 3.63) is 29.3 Å².